The van der Waals surface area contributed by atoms with Gasteiger partial charge in [-0.2, -0.15) is 0 Å². The first-order chi connectivity index (χ1) is 20.2. The van der Waals surface area contributed by atoms with E-state index < -0.39 is 28.0 Å². The standard InChI is InChI=1S/C31H44N2O8S/c1-5-7-8-9-17-42(36,37)33(14-6-2)16-15-32-20-24(22-10-13-26-28(18-22)41-21-40-26)29(31(34)35)30(32)23-11-12-25(38-3)27(19-23)39-4/h10-13,18-19,24,29-30H,5-9,14-17,20-21H2,1-4H3,(H,34,35)/t24-,29-,30+/m1/s1. The summed E-state index contributed by atoms with van der Waals surface area (Å²) >= 11 is 0. The van der Waals surface area contributed by atoms with E-state index in [0.717, 1.165) is 30.4 Å². The fraction of sp³-hybridized carbons (Fsp3) is 0.581. The van der Waals surface area contributed by atoms with Gasteiger partial charge in [0.15, 0.2) is 23.0 Å². The highest BCUT2D eigenvalue weighted by Gasteiger charge is 2.48. The lowest BCUT2D eigenvalue weighted by molar-refractivity contribution is -0.143. The van der Waals surface area contributed by atoms with Gasteiger partial charge in [-0.05, 0) is 48.2 Å². The van der Waals surface area contributed by atoms with Gasteiger partial charge in [0, 0.05) is 38.1 Å². The number of rotatable bonds is 16. The molecule has 0 amide bonds. The van der Waals surface area contributed by atoms with Crippen LogP contribution >= 0.6 is 0 Å². The third-order valence-corrected chi connectivity index (χ3v) is 10.2. The van der Waals surface area contributed by atoms with Gasteiger partial charge in [-0.15, -0.1) is 0 Å². The molecule has 2 aliphatic heterocycles. The maximum Gasteiger partial charge on any atom is 0.309 e. The predicted octanol–water partition coefficient (Wildman–Crippen LogP) is 4.90. The van der Waals surface area contributed by atoms with Crippen molar-refractivity contribution in [2.75, 3.05) is 52.9 Å². The van der Waals surface area contributed by atoms with Crippen molar-refractivity contribution >= 4 is 16.0 Å². The maximum absolute atomic E-state index is 13.3. The van der Waals surface area contributed by atoms with Gasteiger partial charge in [-0.25, -0.2) is 12.7 Å². The molecule has 0 spiro atoms. The third kappa shape index (κ3) is 7.12. The summed E-state index contributed by atoms with van der Waals surface area (Å²) in [7, 11) is -0.334. The molecule has 4 rings (SSSR count). The van der Waals surface area contributed by atoms with Crippen molar-refractivity contribution < 1.29 is 37.3 Å². The fourth-order valence-electron chi connectivity index (χ4n) is 6.10. The van der Waals surface area contributed by atoms with Crippen molar-refractivity contribution in [3.05, 3.63) is 47.5 Å². The molecule has 10 nitrogen and oxygen atoms in total. The van der Waals surface area contributed by atoms with Crippen LogP contribution in [0.2, 0.25) is 0 Å². The number of likely N-dealkylation sites (tertiary alicyclic amines) is 1. The number of unbranched alkanes of at least 4 members (excludes halogenated alkanes) is 3. The summed E-state index contributed by atoms with van der Waals surface area (Å²) in [6.45, 7) is 5.74. The van der Waals surface area contributed by atoms with Gasteiger partial charge in [-0.1, -0.05) is 45.2 Å². The molecule has 0 bridgehead atoms. The number of methoxy groups -OCH3 is 2. The molecule has 2 heterocycles. The Morgan fingerprint density at radius 1 is 0.952 bits per heavy atom. The second-order valence-electron chi connectivity index (χ2n) is 10.9. The van der Waals surface area contributed by atoms with Crippen LogP contribution in [0.25, 0.3) is 0 Å². The second kappa shape index (κ2) is 14.4. The number of ether oxygens (including phenoxy) is 4. The Hall–Kier alpha value is -3.02. The largest absolute Gasteiger partial charge is 0.493 e. The summed E-state index contributed by atoms with van der Waals surface area (Å²) < 4.78 is 50.3. The van der Waals surface area contributed by atoms with E-state index in [4.69, 9.17) is 18.9 Å². The van der Waals surface area contributed by atoms with Crippen molar-refractivity contribution in [2.45, 2.75) is 57.9 Å². The number of hydrogen-bond donors (Lipinski definition) is 1. The average molecular weight is 605 g/mol. The van der Waals surface area contributed by atoms with Crippen molar-refractivity contribution in [2.24, 2.45) is 5.92 Å². The van der Waals surface area contributed by atoms with Gasteiger partial charge < -0.3 is 24.1 Å². The Balaban J connectivity index is 1.66. The maximum atomic E-state index is 13.3. The predicted molar refractivity (Wildman–Crippen MR) is 160 cm³/mol. The van der Waals surface area contributed by atoms with Gasteiger partial charge in [-0.3, -0.25) is 9.69 Å². The highest BCUT2D eigenvalue weighted by atomic mass is 32.2. The van der Waals surface area contributed by atoms with E-state index in [9.17, 15) is 18.3 Å². The number of carboxylic acid groups (broad SMARTS) is 1. The molecule has 0 radical (unpaired) electrons. The quantitative estimate of drug-likeness (QED) is 0.267. The number of fused-ring (bicyclic) bond motifs is 1. The van der Waals surface area contributed by atoms with Crippen molar-refractivity contribution in [1.29, 1.82) is 0 Å². The zero-order chi connectivity index (χ0) is 30.3. The molecule has 0 saturated carbocycles. The molecular formula is C31H44N2O8S. The van der Waals surface area contributed by atoms with E-state index in [0.29, 0.717) is 55.5 Å². The summed E-state index contributed by atoms with van der Waals surface area (Å²) in [6, 6.07) is 10.5. The molecule has 1 saturated heterocycles. The van der Waals surface area contributed by atoms with Gasteiger partial charge in [0.1, 0.15) is 0 Å². The van der Waals surface area contributed by atoms with E-state index in [-0.39, 0.29) is 25.0 Å². The minimum atomic E-state index is -3.44. The second-order valence-corrected chi connectivity index (χ2v) is 13.0. The minimum Gasteiger partial charge on any atom is -0.493 e. The smallest absolute Gasteiger partial charge is 0.309 e. The molecule has 2 aromatic rings. The summed E-state index contributed by atoms with van der Waals surface area (Å²) in [5, 5.41) is 10.6. The van der Waals surface area contributed by atoms with Crippen LogP contribution in [0.1, 0.15) is 69.0 Å². The molecule has 3 atom stereocenters. The number of nitrogens with zero attached hydrogens (tertiary/aromatic N) is 2. The number of carbonyl (C=O) groups is 1. The summed E-state index contributed by atoms with van der Waals surface area (Å²) in [5.41, 5.74) is 1.61. The zero-order valence-electron chi connectivity index (χ0n) is 25.1. The van der Waals surface area contributed by atoms with Gasteiger partial charge in [0.05, 0.1) is 25.9 Å². The molecule has 232 valence electrons. The Labute approximate surface area is 249 Å². The summed E-state index contributed by atoms with van der Waals surface area (Å²) in [6.07, 6.45) is 4.29. The number of aliphatic carboxylic acids is 1. The molecule has 2 aliphatic rings. The molecule has 1 N–H and O–H groups in total. The first kappa shape index (κ1) is 31.9. The van der Waals surface area contributed by atoms with Crippen LogP contribution in [0.15, 0.2) is 36.4 Å². The van der Waals surface area contributed by atoms with Crippen LogP contribution in [-0.2, 0) is 14.8 Å². The molecule has 1 fully saturated rings. The van der Waals surface area contributed by atoms with Gasteiger partial charge >= 0.3 is 5.97 Å². The Kier molecular flexibility index (Phi) is 11.0. The normalized spacial score (nSPS) is 20.3. The Morgan fingerprint density at radius 3 is 2.38 bits per heavy atom. The summed E-state index contributed by atoms with van der Waals surface area (Å²) in [5.74, 6) is 0.338. The number of sulfonamides is 1. The average Bonchev–Trinajstić information content (AvgIpc) is 3.61. The van der Waals surface area contributed by atoms with Crippen LogP contribution in [0.5, 0.6) is 23.0 Å². The molecule has 0 aliphatic carbocycles. The van der Waals surface area contributed by atoms with Gasteiger partial charge in [0.2, 0.25) is 16.8 Å². The number of benzene rings is 2. The Bertz CT molecular complexity index is 1320. The highest BCUT2D eigenvalue weighted by molar-refractivity contribution is 7.89. The lowest BCUT2D eigenvalue weighted by atomic mass is 9.82. The molecule has 42 heavy (non-hydrogen) atoms. The first-order valence-corrected chi connectivity index (χ1v) is 16.4. The molecule has 2 aromatic carbocycles. The van der Waals surface area contributed by atoms with Crippen LogP contribution < -0.4 is 18.9 Å². The fourth-order valence-corrected chi connectivity index (χ4v) is 7.74. The van der Waals surface area contributed by atoms with Crippen LogP contribution in [0.4, 0.5) is 0 Å². The molecule has 0 unspecified atom stereocenters. The van der Waals surface area contributed by atoms with E-state index in [1.54, 1.807) is 24.6 Å². The first-order valence-electron chi connectivity index (χ1n) is 14.8. The monoisotopic (exact) mass is 604 g/mol. The zero-order valence-corrected chi connectivity index (χ0v) is 25.9. The topological polar surface area (TPSA) is 115 Å². The molecular weight excluding hydrogens is 560 g/mol. The van der Waals surface area contributed by atoms with E-state index in [1.165, 1.54) is 0 Å². The van der Waals surface area contributed by atoms with E-state index in [1.807, 2.05) is 37.3 Å². The third-order valence-electron chi connectivity index (χ3n) is 8.22. The lowest BCUT2D eigenvalue weighted by Gasteiger charge is -2.30. The van der Waals surface area contributed by atoms with Crippen molar-refractivity contribution in [1.82, 2.24) is 9.21 Å². The number of carboxylic acids is 1. The van der Waals surface area contributed by atoms with Crippen molar-refractivity contribution in [3.8, 4) is 23.0 Å². The molecule has 11 heteroatoms. The van der Waals surface area contributed by atoms with Crippen LogP contribution in [0, 0.1) is 5.92 Å². The minimum absolute atomic E-state index is 0.129. The van der Waals surface area contributed by atoms with Crippen LogP contribution in [-0.4, -0.2) is 81.6 Å². The van der Waals surface area contributed by atoms with E-state index in [2.05, 4.69) is 11.8 Å². The van der Waals surface area contributed by atoms with Gasteiger partial charge in [0.25, 0.3) is 0 Å². The highest BCUT2D eigenvalue weighted by Crippen LogP contribution is 2.48. The SMILES string of the molecule is CCCCCCS(=O)(=O)N(CCC)CCN1C[C@H](c2ccc3c(c2)OCO3)[C@@H](C(=O)O)[C@@H]1c1ccc(OC)c(OC)c1. The number of hydrogen-bond acceptors (Lipinski definition) is 8. The van der Waals surface area contributed by atoms with E-state index >= 15 is 0 Å². The summed E-state index contributed by atoms with van der Waals surface area (Å²) in [4.78, 5) is 15.1. The Morgan fingerprint density at radius 2 is 1.69 bits per heavy atom. The lowest BCUT2D eigenvalue weighted by Crippen LogP contribution is -2.40. The molecule has 0 aromatic heterocycles. The van der Waals surface area contributed by atoms with Crippen molar-refractivity contribution in [3.63, 3.8) is 0 Å². The van der Waals surface area contributed by atoms with Crippen LogP contribution in [0.3, 0.4) is 0 Å².